The molecule has 0 aromatic heterocycles. The van der Waals surface area contributed by atoms with Crippen molar-refractivity contribution >= 4 is 29.1 Å². The van der Waals surface area contributed by atoms with E-state index in [-0.39, 0.29) is 17.9 Å². The molecule has 1 aliphatic rings. The minimum atomic E-state index is -0.804. The molecule has 1 aromatic carbocycles. The number of hydrogen-bond acceptors (Lipinski definition) is 2. The fourth-order valence-corrected chi connectivity index (χ4v) is 2.85. The lowest BCUT2D eigenvalue weighted by molar-refractivity contribution is -0.0233. The monoisotopic (exact) mass is 329 g/mol. The molecule has 21 heavy (non-hydrogen) atoms. The predicted molar refractivity (Wildman–Crippen MR) is 86.0 cm³/mol. The Morgan fingerprint density at radius 3 is 2.38 bits per heavy atom. The van der Waals surface area contributed by atoms with Gasteiger partial charge >= 0.3 is 0 Å². The fraction of sp³-hybridized carbons (Fsp3) is 0.562. The van der Waals surface area contributed by atoms with Gasteiger partial charge in [0.25, 0.3) is 5.91 Å². The minimum Gasteiger partial charge on any atom is -0.388 e. The van der Waals surface area contributed by atoms with Crippen LogP contribution in [-0.4, -0.2) is 23.2 Å². The maximum Gasteiger partial charge on any atom is 0.251 e. The van der Waals surface area contributed by atoms with E-state index in [1.807, 2.05) is 0 Å². The van der Waals surface area contributed by atoms with E-state index in [0.29, 0.717) is 28.5 Å². The van der Waals surface area contributed by atoms with Crippen molar-refractivity contribution in [1.82, 2.24) is 5.32 Å². The van der Waals surface area contributed by atoms with Crippen LogP contribution in [0.15, 0.2) is 18.2 Å². The number of aliphatic hydroxyl groups is 1. The second kappa shape index (κ2) is 6.15. The van der Waals surface area contributed by atoms with E-state index in [4.69, 9.17) is 23.2 Å². The van der Waals surface area contributed by atoms with E-state index >= 15 is 0 Å². The summed E-state index contributed by atoms with van der Waals surface area (Å²) in [6.07, 6.45) is 3.35. The van der Waals surface area contributed by atoms with E-state index < -0.39 is 5.60 Å². The molecule has 0 bridgehead atoms. The van der Waals surface area contributed by atoms with Crippen molar-refractivity contribution in [3.63, 3.8) is 0 Å². The lowest BCUT2D eigenvalue weighted by atomic mass is 9.71. The van der Waals surface area contributed by atoms with Gasteiger partial charge < -0.3 is 10.4 Å². The Labute approximate surface area is 135 Å². The molecule has 116 valence electrons. The molecular formula is C16H21Cl2NO2. The molecule has 2 rings (SSSR count). The van der Waals surface area contributed by atoms with Gasteiger partial charge in [0.2, 0.25) is 0 Å². The van der Waals surface area contributed by atoms with Crippen LogP contribution in [0.1, 0.15) is 49.9 Å². The molecule has 0 atom stereocenters. The molecule has 0 unspecified atom stereocenters. The average Bonchev–Trinajstić information content (AvgIpc) is 2.43. The highest BCUT2D eigenvalue weighted by atomic mass is 35.5. The highest BCUT2D eigenvalue weighted by Crippen LogP contribution is 2.39. The molecule has 1 aromatic rings. The van der Waals surface area contributed by atoms with Gasteiger partial charge in [0, 0.05) is 12.1 Å². The van der Waals surface area contributed by atoms with Gasteiger partial charge in [-0.15, -0.1) is 0 Å². The van der Waals surface area contributed by atoms with Gasteiger partial charge in [-0.1, -0.05) is 37.0 Å². The van der Waals surface area contributed by atoms with Crippen molar-refractivity contribution in [1.29, 1.82) is 0 Å². The van der Waals surface area contributed by atoms with Gasteiger partial charge in [0.05, 0.1) is 15.6 Å². The van der Waals surface area contributed by atoms with Crippen molar-refractivity contribution in [2.75, 3.05) is 6.54 Å². The molecule has 5 heteroatoms. The summed E-state index contributed by atoms with van der Waals surface area (Å²) in [4.78, 5) is 12.1. The van der Waals surface area contributed by atoms with Crippen molar-refractivity contribution in [3.8, 4) is 0 Å². The first-order valence-corrected chi connectivity index (χ1v) is 7.92. The number of carbonyl (C=O) groups excluding carboxylic acids is 1. The summed E-state index contributed by atoms with van der Waals surface area (Å²) in [7, 11) is 0. The first kappa shape index (κ1) is 16.6. The van der Waals surface area contributed by atoms with Crippen molar-refractivity contribution in [2.45, 2.75) is 45.1 Å². The Hall–Kier alpha value is -0.770. The highest BCUT2D eigenvalue weighted by molar-refractivity contribution is 6.42. The van der Waals surface area contributed by atoms with Crippen LogP contribution in [0.25, 0.3) is 0 Å². The van der Waals surface area contributed by atoms with E-state index in [0.717, 1.165) is 12.8 Å². The molecule has 0 spiro atoms. The molecule has 1 fully saturated rings. The molecule has 1 aliphatic carbocycles. The molecular weight excluding hydrogens is 309 g/mol. The van der Waals surface area contributed by atoms with Gasteiger partial charge in [-0.05, 0) is 49.3 Å². The summed E-state index contributed by atoms with van der Waals surface area (Å²) < 4.78 is 0. The molecule has 1 saturated carbocycles. The predicted octanol–water partition coefficient (Wildman–Crippen LogP) is 4.05. The van der Waals surface area contributed by atoms with Crippen molar-refractivity contribution in [2.24, 2.45) is 5.41 Å². The smallest absolute Gasteiger partial charge is 0.251 e. The highest BCUT2D eigenvalue weighted by Gasteiger charge is 2.36. The Kier molecular flexibility index (Phi) is 4.86. The van der Waals surface area contributed by atoms with Gasteiger partial charge in [0.15, 0.2) is 0 Å². The maximum absolute atomic E-state index is 12.1. The minimum absolute atomic E-state index is 0.244. The molecule has 0 saturated heterocycles. The SMILES string of the molecule is CC1(C)CCC(O)(CNC(=O)c2ccc(Cl)c(Cl)c2)CC1. The molecule has 2 N–H and O–H groups in total. The van der Waals surface area contributed by atoms with Crippen LogP contribution >= 0.6 is 23.2 Å². The van der Waals surface area contributed by atoms with Crippen LogP contribution in [0.4, 0.5) is 0 Å². The van der Waals surface area contributed by atoms with Crippen LogP contribution in [-0.2, 0) is 0 Å². The third-order valence-electron chi connectivity index (χ3n) is 4.29. The van der Waals surface area contributed by atoms with Crippen LogP contribution in [0.5, 0.6) is 0 Å². The Morgan fingerprint density at radius 1 is 1.19 bits per heavy atom. The zero-order chi connectivity index (χ0) is 15.7. The lowest BCUT2D eigenvalue weighted by Gasteiger charge is -2.40. The molecule has 1 amide bonds. The number of nitrogens with one attached hydrogen (secondary N) is 1. The van der Waals surface area contributed by atoms with Gasteiger partial charge in [-0.25, -0.2) is 0 Å². The van der Waals surface area contributed by atoms with E-state index in [2.05, 4.69) is 19.2 Å². The summed E-state index contributed by atoms with van der Waals surface area (Å²) in [6, 6.07) is 4.75. The Bertz CT molecular complexity index is 533. The number of hydrogen-bond donors (Lipinski definition) is 2. The average molecular weight is 330 g/mol. The van der Waals surface area contributed by atoms with Crippen LogP contribution in [0.2, 0.25) is 10.0 Å². The van der Waals surface area contributed by atoms with E-state index in [9.17, 15) is 9.90 Å². The van der Waals surface area contributed by atoms with Gasteiger partial charge in [-0.2, -0.15) is 0 Å². The van der Waals surface area contributed by atoms with Crippen molar-refractivity contribution in [3.05, 3.63) is 33.8 Å². The summed E-state index contributed by atoms with van der Waals surface area (Å²) in [5, 5.41) is 14.1. The molecule has 3 nitrogen and oxygen atoms in total. The van der Waals surface area contributed by atoms with Gasteiger partial charge in [0.1, 0.15) is 0 Å². The van der Waals surface area contributed by atoms with Crippen LogP contribution in [0.3, 0.4) is 0 Å². The maximum atomic E-state index is 12.1. The number of benzene rings is 1. The lowest BCUT2D eigenvalue weighted by Crippen LogP contribution is -2.46. The van der Waals surface area contributed by atoms with Gasteiger partial charge in [-0.3, -0.25) is 4.79 Å². The molecule has 0 aliphatic heterocycles. The summed E-state index contributed by atoms with van der Waals surface area (Å²) in [6.45, 7) is 4.68. The number of carbonyl (C=O) groups is 1. The zero-order valence-corrected chi connectivity index (χ0v) is 13.9. The second-order valence-corrected chi connectivity index (χ2v) is 7.51. The van der Waals surface area contributed by atoms with E-state index in [1.165, 1.54) is 6.07 Å². The first-order chi connectivity index (χ1) is 9.71. The number of amides is 1. The quantitative estimate of drug-likeness (QED) is 0.878. The third-order valence-corrected chi connectivity index (χ3v) is 5.03. The number of halogens is 2. The Morgan fingerprint density at radius 2 is 1.81 bits per heavy atom. The van der Waals surface area contributed by atoms with Crippen LogP contribution in [0, 0.1) is 5.41 Å². The molecule has 0 radical (unpaired) electrons. The summed E-state index contributed by atoms with van der Waals surface area (Å²) in [5.74, 6) is -0.244. The first-order valence-electron chi connectivity index (χ1n) is 7.17. The Balaban J connectivity index is 1.93. The standard InChI is InChI=1S/C16H21Cl2NO2/c1-15(2)5-7-16(21,8-6-15)10-19-14(20)11-3-4-12(17)13(18)9-11/h3-4,9,21H,5-8,10H2,1-2H3,(H,19,20). The summed E-state index contributed by atoms with van der Waals surface area (Å²) in [5.41, 5.74) is -0.0782. The third kappa shape index (κ3) is 4.35. The van der Waals surface area contributed by atoms with Crippen LogP contribution < -0.4 is 5.32 Å². The normalized spacial score (nSPS) is 20.0. The largest absolute Gasteiger partial charge is 0.388 e. The van der Waals surface area contributed by atoms with E-state index in [1.54, 1.807) is 12.1 Å². The molecule has 0 heterocycles. The summed E-state index contributed by atoms with van der Waals surface area (Å²) >= 11 is 11.7. The topological polar surface area (TPSA) is 49.3 Å². The number of rotatable bonds is 3. The zero-order valence-electron chi connectivity index (χ0n) is 12.4. The second-order valence-electron chi connectivity index (χ2n) is 6.70. The van der Waals surface area contributed by atoms with Crippen molar-refractivity contribution < 1.29 is 9.90 Å². The fourth-order valence-electron chi connectivity index (χ4n) is 2.55.